The average Bonchev–Trinajstić information content (AvgIpc) is 3.71. The summed E-state index contributed by atoms with van der Waals surface area (Å²) in [6.07, 6.45) is 7.69. The van der Waals surface area contributed by atoms with Crippen LogP contribution in [0, 0.1) is 6.92 Å². The quantitative estimate of drug-likeness (QED) is 0.143. The van der Waals surface area contributed by atoms with Gasteiger partial charge in [0.15, 0.2) is 23.3 Å². The van der Waals surface area contributed by atoms with Crippen LogP contribution in [-0.2, 0) is 5.41 Å². The molecule has 0 saturated heterocycles. The summed E-state index contributed by atoms with van der Waals surface area (Å²) in [4.78, 5) is 31.3. The fourth-order valence-corrected chi connectivity index (χ4v) is 8.93. The largest absolute Gasteiger partial charge is 0.298 e. The molecule has 8 heteroatoms. The van der Waals surface area contributed by atoms with Gasteiger partial charge in [0.1, 0.15) is 12.3 Å². The van der Waals surface area contributed by atoms with Crippen LogP contribution in [0.1, 0.15) is 88.7 Å². The number of aryl methyl sites for hydroxylation is 1. The first-order chi connectivity index (χ1) is 27.3. The number of hydrogen-bond donors (Lipinski definition) is 0. The molecule has 0 bridgehead atoms. The van der Waals surface area contributed by atoms with E-state index in [1.54, 1.807) is 0 Å². The molecule has 0 amide bonds. The van der Waals surface area contributed by atoms with E-state index >= 15 is 0 Å². The molecule has 2 atom stereocenters. The molecule has 0 radical (unpaired) electrons. The van der Waals surface area contributed by atoms with E-state index < -0.39 is 0 Å². The molecule has 3 aliphatic rings. The van der Waals surface area contributed by atoms with Gasteiger partial charge in [-0.2, -0.15) is 0 Å². The molecule has 8 nitrogen and oxygen atoms in total. The second-order valence-corrected chi connectivity index (χ2v) is 15.9. The third-order valence-corrected chi connectivity index (χ3v) is 12.0. The lowest BCUT2D eigenvalue weighted by molar-refractivity contribution is 0.493. The van der Waals surface area contributed by atoms with Crippen LogP contribution in [0.3, 0.4) is 0 Å². The van der Waals surface area contributed by atoms with Gasteiger partial charge in [0, 0.05) is 33.7 Å². The van der Waals surface area contributed by atoms with E-state index in [4.69, 9.17) is 19.9 Å². The van der Waals surface area contributed by atoms with E-state index in [1.165, 1.54) is 16.7 Å². The SMILES string of the molecule is CCC1(CC)C=C(C2N(c3ccccc3)c3nc(C(C)C)cnc3N2c2ccccc2C)C2N(c3ccccc3)c3ncc(C(C)C)nc3N2c2ccccc21. The highest BCUT2D eigenvalue weighted by Gasteiger charge is 2.54. The Morgan fingerprint density at radius 3 is 1.52 bits per heavy atom. The van der Waals surface area contributed by atoms with Gasteiger partial charge >= 0.3 is 0 Å². The number of anilines is 8. The lowest BCUT2D eigenvalue weighted by atomic mass is 9.74. The zero-order valence-electron chi connectivity index (χ0n) is 33.4. The number of aromatic nitrogens is 4. The molecule has 0 saturated carbocycles. The summed E-state index contributed by atoms with van der Waals surface area (Å²) < 4.78 is 0. The molecule has 0 spiro atoms. The first kappa shape index (κ1) is 35.7. The van der Waals surface area contributed by atoms with E-state index in [0.717, 1.165) is 70.3 Å². The third kappa shape index (κ3) is 5.48. The van der Waals surface area contributed by atoms with E-state index in [2.05, 4.69) is 183 Å². The standard InChI is InChI=1S/C48H50N8/c1-8-48(9-2)28-36(46-53(34-21-12-10-13-22-34)42-45(52-39(29-49-42)32(5)6)56(46)41-27-19-17-25-37(41)48)47-54(35-23-14-11-15-24-35)44-43(50-30-38(51-44)31(3)4)55(47)40-26-18-16-20-33(40)7/h10-32,46-47H,8-9H2,1-7H3. The monoisotopic (exact) mass is 738 g/mol. The Labute approximate surface area is 331 Å². The number of fused-ring (bicyclic) bond motifs is 6. The first-order valence-corrected chi connectivity index (χ1v) is 20.1. The zero-order chi connectivity index (χ0) is 38.7. The van der Waals surface area contributed by atoms with E-state index in [1.807, 2.05) is 12.4 Å². The fourth-order valence-electron chi connectivity index (χ4n) is 8.93. The summed E-state index contributed by atoms with van der Waals surface area (Å²) in [6.45, 7) is 15.6. The van der Waals surface area contributed by atoms with Crippen molar-refractivity contribution in [2.24, 2.45) is 0 Å². The maximum atomic E-state index is 5.50. The Hall–Kier alpha value is -6.02. The van der Waals surface area contributed by atoms with Crippen LogP contribution in [0.2, 0.25) is 0 Å². The van der Waals surface area contributed by atoms with Crippen LogP contribution in [0.15, 0.2) is 133 Å². The number of allylic oxidation sites excluding steroid dienone is 1. The first-order valence-electron chi connectivity index (χ1n) is 20.1. The summed E-state index contributed by atoms with van der Waals surface area (Å²) in [5.74, 6) is 3.82. The summed E-state index contributed by atoms with van der Waals surface area (Å²) in [7, 11) is 0. The third-order valence-electron chi connectivity index (χ3n) is 12.0. The number of para-hydroxylation sites is 4. The second-order valence-electron chi connectivity index (χ2n) is 15.9. The number of benzene rings is 4. The Balaban J connectivity index is 1.42. The maximum absolute atomic E-state index is 5.50. The molecule has 5 heterocycles. The molecule has 2 aromatic heterocycles. The van der Waals surface area contributed by atoms with Crippen LogP contribution in [0.4, 0.5) is 46.0 Å². The van der Waals surface area contributed by atoms with Crippen molar-refractivity contribution in [3.8, 4) is 0 Å². The average molecular weight is 739 g/mol. The van der Waals surface area contributed by atoms with Gasteiger partial charge in [0.2, 0.25) is 0 Å². The molecular formula is C48H50N8. The normalized spacial score (nSPS) is 18.1. The molecule has 0 N–H and O–H groups in total. The predicted molar refractivity (Wildman–Crippen MR) is 229 cm³/mol. The zero-order valence-corrected chi connectivity index (χ0v) is 33.4. The summed E-state index contributed by atoms with van der Waals surface area (Å²) >= 11 is 0. The number of nitrogens with zero attached hydrogens (tertiary/aromatic N) is 8. The molecule has 9 rings (SSSR count). The Bertz CT molecular complexity index is 2420. The molecule has 3 aliphatic heterocycles. The van der Waals surface area contributed by atoms with E-state index in [0.29, 0.717) is 0 Å². The molecule has 56 heavy (non-hydrogen) atoms. The van der Waals surface area contributed by atoms with Gasteiger partial charge in [-0.3, -0.25) is 19.6 Å². The molecular weight excluding hydrogens is 689 g/mol. The molecule has 282 valence electrons. The van der Waals surface area contributed by atoms with Crippen molar-refractivity contribution in [2.45, 2.75) is 90.9 Å². The number of rotatable bonds is 8. The van der Waals surface area contributed by atoms with Crippen molar-refractivity contribution in [3.63, 3.8) is 0 Å². The van der Waals surface area contributed by atoms with Crippen LogP contribution in [-0.4, -0.2) is 32.3 Å². The van der Waals surface area contributed by atoms with Crippen LogP contribution in [0.5, 0.6) is 0 Å². The molecule has 6 aromatic rings. The number of hydrogen-bond acceptors (Lipinski definition) is 8. The Morgan fingerprint density at radius 1 is 0.536 bits per heavy atom. The maximum Gasteiger partial charge on any atom is 0.179 e. The van der Waals surface area contributed by atoms with Gasteiger partial charge in [-0.25, -0.2) is 19.9 Å². The van der Waals surface area contributed by atoms with Crippen LogP contribution >= 0.6 is 0 Å². The van der Waals surface area contributed by atoms with Crippen LogP contribution in [0.25, 0.3) is 0 Å². The van der Waals surface area contributed by atoms with Gasteiger partial charge in [0.25, 0.3) is 0 Å². The van der Waals surface area contributed by atoms with Crippen molar-refractivity contribution < 1.29 is 0 Å². The fraction of sp³-hybridized carbons (Fsp3) is 0.292. The molecule has 4 aromatic carbocycles. The van der Waals surface area contributed by atoms with E-state index in [-0.39, 0.29) is 29.6 Å². The van der Waals surface area contributed by atoms with Crippen molar-refractivity contribution in [2.75, 3.05) is 19.6 Å². The Morgan fingerprint density at radius 2 is 0.982 bits per heavy atom. The van der Waals surface area contributed by atoms with E-state index in [9.17, 15) is 0 Å². The topological polar surface area (TPSA) is 64.5 Å². The lowest BCUT2D eigenvalue weighted by Crippen LogP contribution is -2.50. The minimum absolute atomic E-state index is 0.205. The Kier molecular flexibility index (Phi) is 8.87. The minimum Gasteiger partial charge on any atom is -0.298 e. The van der Waals surface area contributed by atoms with Crippen LogP contribution < -0.4 is 19.6 Å². The second kappa shape index (κ2) is 13.9. The van der Waals surface area contributed by atoms with Gasteiger partial charge in [-0.05, 0) is 79.1 Å². The highest BCUT2D eigenvalue weighted by atomic mass is 15.5. The van der Waals surface area contributed by atoms with Gasteiger partial charge in [-0.15, -0.1) is 0 Å². The highest BCUT2D eigenvalue weighted by molar-refractivity contribution is 5.91. The van der Waals surface area contributed by atoms with Gasteiger partial charge < -0.3 is 0 Å². The van der Waals surface area contributed by atoms with Gasteiger partial charge in [0.05, 0.1) is 23.8 Å². The van der Waals surface area contributed by atoms with Crippen molar-refractivity contribution in [1.29, 1.82) is 0 Å². The summed E-state index contributed by atoms with van der Waals surface area (Å²) in [6, 6.07) is 39.1. The van der Waals surface area contributed by atoms with Crippen molar-refractivity contribution in [1.82, 2.24) is 19.9 Å². The molecule has 0 fully saturated rings. The van der Waals surface area contributed by atoms with Crippen molar-refractivity contribution in [3.05, 3.63) is 156 Å². The molecule has 2 unspecified atom stereocenters. The summed E-state index contributed by atoms with van der Waals surface area (Å²) in [5.41, 5.74) is 9.67. The smallest absolute Gasteiger partial charge is 0.179 e. The van der Waals surface area contributed by atoms with Gasteiger partial charge in [-0.1, -0.05) is 120 Å². The highest BCUT2D eigenvalue weighted by Crippen LogP contribution is 2.57. The molecule has 0 aliphatic carbocycles. The predicted octanol–water partition coefficient (Wildman–Crippen LogP) is 11.8. The van der Waals surface area contributed by atoms with Crippen molar-refractivity contribution >= 4 is 46.0 Å². The summed E-state index contributed by atoms with van der Waals surface area (Å²) in [5, 5.41) is 0. The lowest BCUT2D eigenvalue weighted by Gasteiger charge is -2.41. The minimum atomic E-state index is -0.361.